The number of hydrogen-bond donors (Lipinski definition) is 4. The van der Waals surface area contributed by atoms with E-state index in [4.69, 9.17) is 15.9 Å². The van der Waals surface area contributed by atoms with Crippen LogP contribution in [0.1, 0.15) is 42.2 Å². The number of amides is 2. The number of thiophene rings is 1. The second kappa shape index (κ2) is 9.19. The van der Waals surface area contributed by atoms with E-state index < -0.39 is 12.1 Å². The Labute approximate surface area is 174 Å². The zero-order chi connectivity index (χ0) is 20.9. The van der Waals surface area contributed by atoms with E-state index in [0.717, 1.165) is 23.3 Å². The van der Waals surface area contributed by atoms with Crippen LogP contribution in [0.4, 0.5) is 4.79 Å². The fraction of sp³-hybridized carbons (Fsp3) is 0.381. The number of ether oxygens (including phenoxy) is 1. The fourth-order valence-electron chi connectivity index (χ4n) is 2.88. The topological polar surface area (TPSA) is 117 Å². The van der Waals surface area contributed by atoms with Crippen LogP contribution in [-0.2, 0) is 22.7 Å². The van der Waals surface area contributed by atoms with Crippen molar-refractivity contribution >= 4 is 29.2 Å². The first-order valence-electron chi connectivity index (χ1n) is 9.52. The van der Waals surface area contributed by atoms with Gasteiger partial charge in [-0.2, -0.15) is 0 Å². The van der Waals surface area contributed by atoms with E-state index in [1.807, 2.05) is 30.3 Å². The normalized spacial score (nSPS) is 15.2. The lowest BCUT2D eigenvalue weighted by Gasteiger charge is -2.15. The van der Waals surface area contributed by atoms with Crippen LogP contribution in [-0.4, -0.2) is 23.9 Å². The van der Waals surface area contributed by atoms with Crippen LogP contribution < -0.4 is 16.4 Å². The first-order chi connectivity index (χ1) is 13.8. The van der Waals surface area contributed by atoms with Crippen molar-refractivity contribution in [2.45, 2.75) is 45.4 Å². The third kappa shape index (κ3) is 6.40. The van der Waals surface area contributed by atoms with Crippen molar-refractivity contribution in [3.8, 4) is 0 Å². The molecule has 0 spiro atoms. The van der Waals surface area contributed by atoms with Gasteiger partial charge in [0.05, 0.1) is 12.6 Å². The number of amidine groups is 1. The molecular weight excluding hydrogens is 388 g/mol. The Kier molecular flexibility index (Phi) is 6.66. The number of nitrogens with two attached hydrogens (primary N) is 1. The number of nitrogens with one attached hydrogen (secondary N) is 3. The third-order valence-corrected chi connectivity index (χ3v) is 5.91. The smallest absolute Gasteiger partial charge is 0.413 e. The average Bonchev–Trinajstić information content (AvgIpc) is 3.24. The molecule has 0 aliphatic heterocycles. The number of benzene rings is 1. The van der Waals surface area contributed by atoms with Crippen LogP contribution >= 0.6 is 11.3 Å². The van der Waals surface area contributed by atoms with Crippen molar-refractivity contribution in [2.75, 3.05) is 0 Å². The molecule has 0 unspecified atom stereocenters. The maximum Gasteiger partial charge on any atom is 0.413 e. The molecule has 1 aromatic heterocycles. The van der Waals surface area contributed by atoms with Crippen molar-refractivity contribution in [1.82, 2.24) is 10.6 Å². The predicted molar refractivity (Wildman–Crippen MR) is 113 cm³/mol. The minimum absolute atomic E-state index is 0.0461. The van der Waals surface area contributed by atoms with Gasteiger partial charge in [0, 0.05) is 15.8 Å². The molecule has 2 amide bonds. The van der Waals surface area contributed by atoms with Gasteiger partial charge in [-0.25, -0.2) is 4.79 Å². The standard InChI is InChI=1S/C21H26N4O3S/c1-21(7-8-21)10-17(22)19(26)24-11-16-9-15(13-29-16)18(23)25-20(27)28-12-14-5-3-2-4-6-14/h2-6,9,13,17H,7-8,10-12,22H2,1H3,(H,24,26)(H2,23,25,27)/t17-/m0/s1. The van der Waals surface area contributed by atoms with E-state index in [0.29, 0.717) is 18.5 Å². The molecule has 1 atom stereocenters. The summed E-state index contributed by atoms with van der Waals surface area (Å²) in [6.07, 6.45) is 2.28. The lowest BCUT2D eigenvalue weighted by Crippen LogP contribution is -2.41. The summed E-state index contributed by atoms with van der Waals surface area (Å²) in [6.45, 7) is 2.63. The summed E-state index contributed by atoms with van der Waals surface area (Å²) >= 11 is 1.41. The minimum Gasteiger partial charge on any atom is -0.444 e. The number of rotatable bonds is 8. The summed E-state index contributed by atoms with van der Waals surface area (Å²) in [7, 11) is 0. The molecule has 3 rings (SSSR count). The quantitative estimate of drug-likeness (QED) is 0.392. The molecule has 5 N–H and O–H groups in total. The number of hydrogen-bond acceptors (Lipinski definition) is 6. The van der Waals surface area contributed by atoms with Gasteiger partial charge < -0.3 is 15.8 Å². The second-order valence-electron chi connectivity index (χ2n) is 7.70. The van der Waals surface area contributed by atoms with Crippen LogP contribution in [0.25, 0.3) is 0 Å². The van der Waals surface area contributed by atoms with E-state index in [9.17, 15) is 9.59 Å². The zero-order valence-electron chi connectivity index (χ0n) is 16.4. The summed E-state index contributed by atoms with van der Waals surface area (Å²) in [5.74, 6) is -0.207. The molecule has 2 aromatic rings. The molecule has 1 aliphatic rings. The molecule has 7 nitrogen and oxygen atoms in total. The van der Waals surface area contributed by atoms with Crippen molar-refractivity contribution < 1.29 is 14.3 Å². The van der Waals surface area contributed by atoms with Gasteiger partial charge in [-0.1, -0.05) is 37.3 Å². The Bertz CT molecular complexity index is 877. The average molecular weight is 415 g/mol. The molecule has 0 bridgehead atoms. The molecule has 0 saturated heterocycles. The molecule has 1 aliphatic carbocycles. The summed E-state index contributed by atoms with van der Waals surface area (Å²) in [5.41, 5.74) is 7.64. The van der Waals surface area contributed by atoms with E-state index in [2.05, 4.69) is 17.6 Å². The van der Waals surface area contributed by atoms with Crippen LogP contribution in [0.15, 0.2) is 41.8 Å². The first-order valence-corrected chi connectivity index (χ1v) is 10.4. The summed E-state index contributed by atoms with van der Waals surface area (Å²) in [4.78, 5) is 24.9. The third-order valence-electron chi connectivity index (χ3n) is 4.97. The lowest BCUT2D eigenvalue weighted by atomic mass is 9.99. The van der Waals surface area contributed by atoms with Gasteiger partial charge >= 0.3 is 6.09 Å². The van der Waals surface area contributed by atoms with Gasteiger partial charge in [-0.05, 0) is 36.3 Å². The SMILES string of the molecule is CC1(C[C@H](N)C(=O)NCc2cc(C(=N)NC(=O)OCc3ccccc3)cs2)CC1. The summed E-state index contributed by atoms with van der Waals surface area (Å²) in [6, 6.07) is 10.6. The predicted octanol–water partition coefficient (Wildman–Crippen LogP) is 3.13. The Morgan fingerprint density at radius 2 is 2.03 bits per heavy atom. The highest BCUT2D eigenvalue weighted by atomic mass is 32.1. The molecule has 8 heteroatoms. The Balaban J connectivity index is 1.42. The van der Waals surface area contributed by atoms with Crippen LogP contribution in [0, 0.1) is 10.8 Å². The van der Waals surface area contributed by atoms with Gasteiger partial charge in [0.15, 0.2) is 0 Å². The Morgan fingerprint density at radius 3 is 2.72 bits per heavy atom. The molecule has 1 aromatic carbocycles. The lowest BCUT2D eigenvalue weighted by molar-refractivity contribution is -0.122. The fourth-order valence-corrected chi connectivity index (χ4v) is 3.70. The number of carbonyl (C=O) groups is 2. The van der Waals surface area contributed by atoms with Crippen LogP contribution in [0.3, 0.4) is 0 Å². The molecule has 1 fully saturated rings. The largest absolute Gasteiger partial charge is 0.444 e. The summed E-state index contributed by atoms with van der Waals surface area (Å²) < 4.78 is 5.12. The molecule has 1 saturated carbocycles. The van der Waals surface area contributed by atoms with Crippen LogP contribution in [0.2, 0.25) is 0 Å². The monoisotopic (exact) mass is 414 g/mol. The Hall–Kier alpha value is -2.71. The van der Waals surface area contributed by atoms with E-state index in [1.165, 1.54) is 11.3 Å². The van der Waals surface area contributed by atoms with E-state index in [-0.39, 0.29) is 23.8 Å². The molecular formula is C21H26N4O3S. The number of carbonyl (C=O) groups excluding carboxylic acids is 2. The van der Waals surface area contributed by atoms with Gasteiger partial charge in [-0.15, -0.1) is 11.3 Å². The maximum atomic E-state index is 12.1. The zero-order valence-corrected chi connectivity index (χ0v) is 17.2. The van der Waals surface area contributed by atoms with Crippen molar-refractivity contribution in [3.05, 3.63) is 57.8 Å². The second-order valence-corrected chi connectivity index (χ2v) is 8.70. The van der Waals surface area contributed by atoms with Crippen molar-refractivity contribution in [2.24, 2.45) is 11.1 Å². The van der Waals surface area contributed by atoms with Crippen molar-refractivity contribution in [3.63, 3.8) is 0 Å². The molecule has 154 valence electrons. The highest BCUT2D eigenvalue weighted by molar-refractivity contribution is 7.10. The highest BCUT2D eigenvalue weighted by Gasteiger charge is 2.39. The van der Waals surface area contributed by atoms with Crippen LogP contribution in [0.5, 0.6) is 0 Å². The van der Waals surface area contributed by atoms with E-state index >= 15 is 0 Å². The maximum absolute atomic E-state index is 12.1. The van der Waals surface area contributed by atoms with Gasteiger partial charge in [0.2, 0.25) is 5.91 Å². The van der Waals surface area contributed by atoms with Gasteiger partial charge in [0.25, 0.3) is 0 Å². The molecule has 0 radical (unpaired) electrons. The minimum atomic E-state index is -0.681. The van der Waals surface area contributed by atoms with Gasteiger partial charge in [-0.3, -0.25) is 15.5 Å². The highest BCUT2D eigenvalue weighted by Crippen LogP contribution is 2.48. The first kappa shape index (κ1) is 21.0. The molecule has 29 heavy (non-hydrogen) atoms. The number of alkyl carbamates (subject to hydrolysis) is 1. The van der Waals surface area contributed by atoms with E-state index in [1.54, 1.807) is 11.4 Å². The van der Waals surface area contributed by atoms with Crippen molar-refractivity contribution in [1.29, 1.82) is 5.41 Å². The van der Waals surface area contributed by atoms with Gasteiger partial charge in [0.1, 0.15) is 12.4 Å². The molecule has 1 heterocycles. The summed E-state index contributed by atoms with van der Waals surface area (Å²) in [5, 5.41) is 15.1. The Morgan fingerprint density at radius 1 is 1.31 bits per heavy atom.